The number of nitrogens with one attached hydrogen (secondary N) is 4. The number of fused-ring (bicyclic) bond motifs is 1. The number of nitrogens with zero attached hydrogens (tertiary/aromatic N) is 3. The van der Waals surface area contributed by atoms with Crippen molar-refractivity contribution < 1.29 is 14.3 Å². The first kappa shape index (κ1) is 22.8. The number of hydrogen-bond donors (Lipinski definition) is 4. The SMILES string of the molecule is CNC(=O)Oc1scc(C)c1Nc1nc(Nc2ccc3c(c2)NC(=O)CN(C)C3)ncc1Cl. The molecule has 0 bridgehead atoms. The van der Waals surface area contributed by atoms with Gasteiger partial charge >= 0.3 is 6.09 Å². The summed E-state index contributed by atoms with van der Waals surface area (Å²) >= 11 is 7.59. The quantitative estimate of drug-likeness (QED) is 0.424. The van der Waals surface area contributed by atoms with Gasteiger partial charge in [0.25, 0.3) is 0 Å². The van der Waals surface area contributed by atoms with Crippen LogP contribution in [0.1, 0.15) is 11.1 Å². The number of likely N-dealkylation sites (N-methyl/N-ethyl adjacent to an activating group) is 1. The van der Waals surface area contributed by atoms with Gasteiger partial charge in [-0.05, 0) is 42.6 Å². The summed E-state index contributed by atoms with van der Waals surface area (Å²) in [6.45, 7) is 2.88. The number of halogens is 1. The summed E-state index contributed by atoms with van der Waals surface area (Å²) in [4.78, 5) is 34.3. The van der Waals surface area contributed by atoms with E-state index in [9.17, 15) is 9.59 Å². The fourth-order valence-corrected chi connectivity index (χ4v) is 4.23. The molecule has 0 fully saturated rings. The number of aryl methyl sites for hydroxylation is 1. The lowest BCUT2D eigenvalue weighted by molar-refractivity contribution is -0.116. The van der Waals surface area contributed by atoms with Gasteiger partial charge in [-0.25, -0.2) is 9.78 Å². The summed E-state index contributed by atoms with van der Waals surface area (Å²) in [5.41, 5.74) is 3.93. The van der Waals surface area contributed by atoms with Gasteiger partial charge in [0.1, 0.15) is 5.02 Å². The van der Waals surface area contributed by atoms with Crippen LogP contribution in [0.2, 0.25) is 5.02 Å². The van der Waals surface area contributed by atoms with Crippen molar-refractivity contribution in [1.29, 1.82) is 0 Å². The number of benzene rings is 1. The minimum absolute atomic E-state index is 0.0662. The van der Waals surface area contributed by atoms with E-state index < -0.39 is 6.09 Å². The summed E-state index contributed by atoms with van der Waals surface area (Å²) in [5, 5.41) is 14.2. The summed E-state index contributed by atoms with van der Waals surface area (Å²) in [7, 11) is 3.39. The monoisotopic (exact) mass is 487 g/mol. The average Bonchev–Trinajstić information content (AvgIpc) is 3.02. The summed E-state index contributed by atoms with van der Waals surface area (Å²) in [5.74, 6) is 0.589. The van der Waals surface area contributed by atoms with Crippen LogP contribution in [0.15, 0.2) is 29.8 Å². The lowest BCUT2D eigenvalue weighted by Crippen LogP contribution is -2.26. The van der Waals surface area contributed by atoms with E-state index in [0.29, 0.717) is 46.3 Å². The maximum absolute atomic E-state index is 12.0. The highest BCUT2D eigenvalue weighted by Crippen LogP contribution is 2.38. The molecule has 172 valence electrons. The summed E-state index contributed by atoms with van der Waals surface area (Å²) in [6, 6.07) is 5.69. The van der Waals surface area contributed by atoms with E-state index >= 15 is 0 Å². The molecule has 33 heavy (non-hydrogen) atoms. The van der Waals surface area contributed by atoms with E-state index in [4.69, 9.17) is 16.3 Å². The normalized spacial score (nSPS) is 13.5. The van der Waals surface area contributed by atoms with Gasteiger partial charge in [0, 0.05) is 25.0 Å². The van der Waals surface area contributed by atoms with Crippen LogP contribution in [0.5, 0.6) is 5.06 Å². The minimum atomic E-state index is -0.572. The third-order valence-electron chi connectivity index (χ3n) is 4.81. The zero-order chi connectivity index (χ0) is 23.5. The van der Waals surface area contributed by atoms with Crippen molar-refractivity contribution >= 4 is 63.8 Å². The molecule has 3 aromatic rings. The number of carbonyl (C=O) groups is 2. The van der Waals surface area contributed by atoms with Crippen molar-refractivity contribution in [1.82, 2.24) is 20.2 Å². The van der Waals surface area contributed by atoms with Gasteiger partial charge in [-0.3, -0.25) is 9.69 Å². The molecule has 1 aliphatic rings. The number of carbonyl (C=O) groups excluding carboxylic acids is 2. The topological polar surface area (TPSA) is 121 Å². The molecule has 1 aliphatic heterocycles. The predicted molar refractivity (Wildman–Crippen MR) is 129 cm³/mol. The van der Waals surface area contributed by atoms with Crippen LogP contribution in [-0.2, 0) is 11.3 Å². The average molecular weight is 488 g/mol. The second-order valence-electron chi connectivity index (χ2n) is 7.45. The highest BCUT2D eigenvalue weighted by molar-refractivity contribution is 7.12. The number of thiophene rings is 1. The number of rotatable bonds is 5. The van der Waals surface area contributed by atoms with Gasteiger partial charge in [-0.15, -0.1) is 11.3 Å². The van der Waals surface area contributed by atoms with E-state index in [1.165, 1.54) is 24.6 Å². The molecule has 0 aliphatic carbocycles. The zero-order valence-corrected chi connectivity index (χ0v) is 19.7. The Kier molecular flexibility index (Phi) is 6.63. The maximum atomic E-state index is 12.0. The fraction of sp³-hybridized carbons (Fsp3) is 0.238. The smallest absolute Gasteiger partial charge is 0.397 e. The predicted octanol–water partition coefficient (Wildman–Crippen LogP) is 4.09. The van der Waals surface area contributed by atoms with Gasteiger partial charge in [0.05, 0.1) is 18.4 Å². The van der Waals surface area contributed by atoms with Crippen molar-refractivity contribution in [2.24, 2.45) is 0 Å². The first-order valence-electron chi connectivity index (χ1n) is 9.98. The van der Waals surface area contributed by atoms with E-state index in [0.717, 1.165) is 16.8 Å². The molecule has 0 atom stereocenters. The van der Waals surface area contributed by atoms with Gasteiger partial charge in [0.15, 0.2) is 5.82 Å². The van der Waals surface area contributed by atoms with Gasteiger partial charge < -0.3 is 26.0 Å². The van der Waals surface area contributed by atoms with Crippen molar-refractivity contribution in [3.63, 3.8) is 0 Å². The Morgan fingerprint density at radius 1 is 1.30 bits per heavy atom. The van der Waals surface area contributed by atoms with Crippen LogP contribution in [0.4, 0.5) is 33.6 Å². The molecule has 0 saturated carbocycles. The van der Waals surface area contributed by atoms with Crippen LogP contribution in [-0.4, -0.2) is 47.5 Å². The van der Waals surface area contributed by atoms with E-state index in [2.05, 4.69) is 31.2 Å². The Balaban J connectivity index is 1.56. The molecule has 1 aromatic carbocycles. The highest BCUT2D eigenvalue weighted by atomic mass is 35.5. The summed E-state index contributed by atoms with van der Waals surface area (Å²) in [6.07, 6.45) is 0.901. The number of ether oxygens (including phenoxy) is 1. The van der Waals surface area contributed by atoms with Crippen LogP contribution in [0, 0.1) is 6.92 Å². The molecule has 3 heterocycles. The van der Waals surface area contributed by atoms with Crippen LogP contribution >= 0.6 is 22.9 Å². The van der Waals surface area contributed by atoms with Gasteiger partial charge in [-0.2, -0.15) is 4.98 Å². The zero-order valence-electron chi connectivity index (χ0n) is 18.2. The molecule has 0 saturated heterocycles. The third-order valence-corrected chi connectivity index (χ3v) is 6.06. The van der Waals surface area contributed by atoms with Crippen molar-refractivity contribution in [2.45, 2.75) is 13.5 Å². The van der Waals surface area contributed by atoms with E-state index in [1.807, 2.05) is 42.5 Å². The number of anilines is 5. The molecular formula is C21H22ClN7O3S. The molecule has 10 nitrogen and oxygen atoms in total. The van der Waals surface area contributed by atoms with Crippen LogP contribution in [0.3, 0.4) is 0 Å². The molecule has 0 spiro atoms. The Morgan fingerprint density at radius 2 is 2.12 bits per heavy atom. The maximum Gasteiger partial charge on any atom is 0.413 e. The van der Waals surface area contributed by atoms with E-state index in [-0.39, 0.29) is 5.91 Å². The molecule has 2 aromatic heterocycles. The number of aromatic nitrogens is 2. The number of amides is 2. The second kappa shape index (κ2) is 9.61. The first-order chi connectivity index (χ1) is 15.8. The van der Waals surface area contributed by atoms with Crippen molar-refractivity contribution in [3.8, 4) is 5.06 Å². The lowest BCUT2D eigenvalue weighted by Gasteiger charge is -2.14. The molecule has 4 N–H and O–H groups in total. The molecule has 0 unspecified atom stereocenters. The first-order valence-corrected chi connectivity index (χ1v) is 11.2. The summed E-state index contributed by atoms with van der Waals surface area (Å²) < 4.78 is 5.30. The Hall–Kier alpha value is -3.41. The Morgan fingerprint density at radius 3 is 2.91 bits per heavy atom. The lowest BCUT2D eigenvalue weighted by atomic mass is 10.1. The fourth-order valence-electron chi connectivity index (χ4n) is 3.23. The third kappa shape index (κ3) is 5.33. The van der Waals surface area contributed by atoms with Gasteiger partial charge in [0.2, 0.25) is 16.9 Å². The largest absolute Gasteiger partial charge is 0.413 e. The standard InChI is InChI=1S/C21H22ClN7O3S/c1-11-10-33-19(32-21(31)23-2)17(11)27-18-14(22)7-24-20(28-18)25-13-5-4-12-8-29(3)9-16(30)26-15(12)6-13/h4-7,10H,8-9H2,1-3H3,(H,23,31)(H,26,30)(H2,24,25,27,28). The minimum Gasteiger partial charge on any atom is -0.397 e. The Labute approximate surface area is 199 Å². The van der Waals surface area contributed by atoms with E-state index in [1.54, 1.807) is 0 Å². The highest BCUT2D eigenvalue weighted by Gasteiger charge is 2.18. The van der Waals surface area contributed by atoms with Crippen LogP contribution < -0.4 is 26.0 Å². The molecule has 4 rings (SSSR count). The van der Waals surface area contributed by atoms with Gasteiger partial charge in [-0.1, -0.05) is 17.7 Å². The van der Waals surface area contributed by atoms with Crippen molar-refractivity contribution in [3.05, 3.63) is 45.9 Å². The van der Waals surface area contributed by atoms with Crippen molar-refractivity contribution in [2.75, 3.05) is 36.6 Å². The molecule has 2 amide bonds. The number of hydrogen-bond acceptors (Lipinski definition) is 9. The Bertz CT molecular complexity index is 1220. The van der Waals surface area contributed by atoms with Crippen LogP contribution in [0.25, 0.3) is 0 Å². The second-order valence-corrected chi connectivity index (χ2v) is 8.70. The molecular weight excluding hydrogens is 466 g/mol. The molecule has 0 radical (unpaired) electrons. The molecule has 12 heteroatoms.